The third kappa shape index (κ3) is 19.5. The Kier molecular flexibility index (Phi) is 22.3. The molecule has 0 saturated heterocycles. The molecule has 0 unspecified atom stereocenters. The maximum Gasteiger partial charge on any atom is 0.218 e. The molecule has 0 fully saturated rings. The predicted octanol–water partition coefficient (Wildman–Crippen LogP) is 5.78. The second-order valence-corrected chi connectivity index (χ2v) is 14.6. The van der Waals surface area contributed by atoms with Crippen LogP contribution in [0.3, 0.4) is 0 Å². The smallest absolute Gasteiger partial charge is 0.218 e. The zero-order valence-electron chi connectivity index (χ0n) is 34.8. The van der Waals surface area contributed by atoms with Crippen LogP contribution in [0.4, 0.5) is 0 Å². The quantitative estimate of drug-likeness (QED) is 0.0222. The number of aliphatic imine (C=N–C) groups is 4. The SMILES string of the molecule is NC(N)=NC(N)=NCCCNCCCCCCCNCCCN=C(N)NC(=NCCC(c1ccccc1)c1ccccc1)NCCC(c1ccccc1)c1ccccc1. The number of unbranched alkanes of at least 4 members (excludes halogenated alkanes) is 4. The summed E-state index contributed by atoms with van der Waals surface area (Å²) in [5.74, 6) is 1.56. The van der Waals surface area contributed by atoms with Crippen LogP contribution in [0.1, 0.15) is 91.9 Å². The second-order valence-electron chi connectivity index (χ2n) is 14.6. The molecule has 4 rings (SSSR count). The molecular formula is C47H68N12. The van der Waals surface area contributed by atoms with Crippen LogP contribution < -0.4 is 44.2 Å². The van der Waals surface area contributed by atoms with Gasteiger partial charge in [0.05, 0.1) is 0 Å². The van der Waals surface area contributed by atoms with Gasteiger partial charge in [-0.05, 0) is 87.0 Å². The molecule has 0 amide bonds. The Morgan fingerprint density at radius 2 is 0.864 bits per heavy atom. The van der Waals surface area contributed by atoms with Crippen molar-refractivity contribution >= 4 is 23.8 Å². The number of hydrogen-bond acceptors (Lipinski definition) is 5. The molecule has 0 aliphatic carbocycles. The topological polar surface area (TPSA) is 202 Å². The Labute approximate surface area is 352 Å². The van der Waals surface area contributed by atoms with Gasteiger partial charge in [0.2, 0.25) is 5.96 Å². The van der Waals surface area contributed by atoms with E-state index in [4.69, 9.17) is 27.9 Å². The molecule has 0 heterocycles. The van der Waals surface area contributed by atoms with Gasteiger partial charge in [0.25, 0.3) is 0 Å². The molecular weight excluding hydrogens is 733 g/mol. The minimum atomic E-state index is -0.0729. The number of nitrogens with one attached hydrogen (secondary N) is 4. The van der Waals surface area contributed by atoms with Crippen molar-refractivity contribution in [3.63, 3.8) is 0 Å². The van der Waals surface area contributed by atoms with Gasteiger partial charge in [0.15, 0.2) is 17.9 Å². The fourth-order valence-corrected chi connectivity index (χ4v) is 6.98. The second kappa shape index (κ2) is 28.6. The minimum absolute atomic E-state index is 0.0729. The summed E-state index contributed by atoms with van der Waals surface area (Å²) in [4.78, 5) is 17.5. The van der Waals surface area contributed by atoms with Crippen LogP contribution in [0.5, 0.6) is 0 Å². The summed E-state index contributed by atoms with van der Waals surface area (Å²) in [5.41, 5.74) is 27.8. The van der Waals surface area contributed by atoms with E-state index >= 15 is 0 Å². The van der Waals surface area contributed by atoms with Crippen LogP contribution >= 0.6 is 0 Å². The molecule has 12 nitrogen and oxygen atoms in total. The van der Waals surface area contributed by atoms with Crippen LogP contribution in [-0.2, 0) is 0 Å². The normalized spacial score (nSPS) is 12.2. The van der Waals surface area contributed by atoms with Crippen molar-refractivity contribution in [3.05, 3.63) is 144 Å². The fraction of sp³-hybridized carbons (Fsp3) is 0.404. The first kappa shape index (κ1) is 46.0. The summed E-state index contributed by atoms with van der Waals surface area (Å²) < 4.78 is 0. The van der Waals surface area contributed by atoms with E-state index in [1.165, 1.54) is 54.4 Å². The monoisotopic (exact) mass is 801 g/mol. The maximum atomic E-state index is 6.46. The van der Waals surface area contributed by atoms with Gasteiger partial charge >= 0.3 is 0 Å². The van der Waals surface area contributed by atoms with Gasteiger partial charge in [0, 0.05) is 38.0 Å². The molecule has 0 spiro atoms. The van der Waals surface area contributed by atoms with Crippen LogP contribution in [0.2, 0.25) is 0 Å². The molecule has 0 aromatic heterocycles. The lowest BCUT2D eigenvalue weighted by molar-refractivity contribution is 0.550. The van der Waals surface area contributed by atoms with Crippen molar-refractivity contribution in [1.82, 2.24) is 21.3 Å². The Balaban J connectivity index is 1.19. The summed E-state index contributed by atoms with van der Waals surface area (Å²) >= 11 is 0. The molecule has 12 heteroatoms. The van der Waals surface area contributed by atoms with Gasteiger partial charge in [-0.1, -0.05) is 141 Å². The van der Waals surface area contributed by atoms with E-state index in [1.54, 1.807) is 0 Å². The Hall–Kier alpha value is -5.72. The Morgan fingerprint density at radius 3 is 1.34 bits per heavy atom. The van der Waals surface area contributed by atoms with Gasteiger partial charge in [-0.2, -0.15) is 4.99 Å². The molecule has 0 aliphatic heterocycles. The van der Waals surface area contributed by atoms with Gasteiger partial charge in [-0.25, -0.2) is 0 Å². The van der Waals surface area contributed by atoms with Crippen LogP contribution in [0.15, 0.2) is 141 Å². The Morgan fingerprint density at radius 1 is 0.441 bits per heavy atom. The zero-order valence-corrected chi connectivity index (χ0v) is 34.8. The number of guanidine groups is 4. The molecule has 316 valence electrons. The average molecular weight is 801 g/mol. The lowest BCUT2D eigenvalue weighted by Gasteiger charge is -2.20. The standard InChI is InChI=1S/C47H68N12/c48-44(49)58-45(50)54-34-18-32-52-30-16-2-1-3-17-31-53-33-19-35-55-46(51)59-47(56-36-28-42(38-20-8-4-9-21-38)39-22-10-5-11-23-39)57-37-29-43(40-24-12-6-13-25-40)41-26-14-7-15-27-41/h4-15,20-27,42-43,52-53H,1-3,16-19,28-37H2,(H6,48,49,50,54,58)(H4,51,55,56,57,59). The molecule has 59 heavy (non-hydrogen) atoms. The number of hydrogen-bond donors (Lipinski definition) is 8. The van der Waals surface area contributed by atoms with Crippen molar-refractivity contribution in [1.29, 1.82) is 0 Å². The number of nitrogens with two attached hydrogens (primary N) is 4. The van der Waals surface area contributed by atoms with Crippen molar-refractivity contribution < 1.29 is 0 Å². The fourth-order valence-electron chi connectivity index (χ4n) is 6.98. The maximum absolute atomic E-state index is 6.46. The van der Waals surface area contributed by atoms with Crippen molar-refractivity contribution in [2.75, 3.05) is 52.4 Å². The number of benzene rings is 4. The molecule has 0 atom stereocenters. The van der Waals surface area contributed by atoms with Gasteiger partial charge in [0.1, 0.15) is 0 Å². The van der Waals surface area contributed by atoms with E-state index in [1.807, 2.05) is 0 Å². The van der Waals surface area contributed by atoms with Crippen LogP contribution in [0.25, 0.3) is 0 Å². The van der Waals surface area contributed by atoms with E-state index in [0.29, 0.717) is 38.1 Å². The molecule has 0 aliphatic rings. The molecule has 4 aromatic carbocycles. The highest BCUT2D eigenvalue weighted by molar-refractivity contribution is 5.97. The molecule has 4 aromatic rings. The third-order valence-corrected chi connectivity index (χ3v) is 10.00. The van der Waals surface area contributed by atoms with Crippen LogP contribution in [-0.4, -0.2) is 76.2 Å². The summed E-state index contributed by atoms with van der Waals surface area (Å²) in [6, 6.07) is 42.7. The highest BCUT2D eigenvalue weighted by atomic mass is 15.2. The van der Waals surface area contributed by atoms with Crippen molar-refractivity contribution in [3.8, 4) is 0 Å². The highest BCUT2D eigenvalue weighted by Gasteiger charge is 2.16. The van der Waals surface area contributed by atoms with E-state index in [0.717, 1.165) is 51.9 Å². The third-order valence-electron chi connectivity index (χ3n) is 10.00. The van der Waals surface area contributed by atoms with E-state index in [2.05, 4.69) is 158 Å². The van der Waals surface area contributed by atoms with Gasteiger partial charge < -0.3 is 38.9 Å². The lowest BCUT2D eigenvalue weighted by Crippen LogP contribution is -2.45. The Bertz CT molecular complexity index is 1720. The largest absolute Gasteiger partial charge is 0.370 e. The van der Waals surface area contributed by atoms with Gasteiger partial charge in [-0.15, -0.1) is 0 Å². The summed E-state index contributed by atoms with van der Waals surface area (Å²) in [6.07, 6.45) is 9.59. The first-order valence-electron chi connectivity index (χ1n) is 21.4. The van der Waals surface area contributed by atoms with E-state index in [9.17, 15) is 0 Å². The first-order chi connectivity index (χ1) is 29.0. The molecule has 0 saturated carbocycles. The first-order valence-corrected chi connectivity index (χ1v) is 21.4. The minimum Gasteiger partial charge on any atom is -0.370 e. The zero-order chi connectivity index (χ0) is 41.6. The highest BCUT2D eigenvalue weighted by Crippen LogP contribution is 2.29. The van der Waals surface area contributed by atoms with Crippen molar-refractivity contribution in [2.45, 2.75) is 69.6 Å². The average Bonchev–Trinajstić information content (AvgIpc) is 3.25. The van der Waals surface area contributed by atoms with Crippen molar-refractivity contribution in [2.24, 2.45) is 42.9 Å². The molecule has 0 bridgehead atoms. The predicted molar refractivity (Wildman–Crippen MR) is 249 cm³/mol. The number of nitrogens with zero attached hydrogens (tertiary/aromatic N) is 4. The summed E-state index contributed by atoms with van der Waals surface area (Å²) in [6.45, 7) is 6.40. The molecule has 0 radical (unpaired) electrons. The summed E-state index contributed by atoms with van der Waals surface area (Å²) in [5, 5.41) is 13.9. The van der Waals surface area contributed by atoms with Crippen LogP contribution in [0, 0.1) is 0 Å². The lowest BCUT2D eigenvalue weighted by atomic mass is 9.88. The van der Waals surface area contributed by atoms with Gasteiger partial charge in [-0.3, -0.25) is 20.3 Å². The summed E-state index contributed by atoms with van der Waals surface area (Å²) in [7, 11) is 0. The van der Waals surface area contributed by atoms with E-state index in [-0.39, 0.29) is 23.8 Å². The number of rotatable bonds is 26. The van der Waals surface area contributed by atoms with E-state index < -0.39 is 0 Å². The molecule has 12 N–H and O–H groups in total.